The predicted octanol–water partition coefficient (Wildman–Crippen LogP) is 3.86. The molecule has 29 heavy (non-hydrogen) atoms. The summed E-state index contributed by atoms with van der Waals surface area (Å²) in [4.78, 5) is 24.2. The lowest BCUT2D eigenvalue weighted by molar-refractivity contribution is 0.0949. The van der Waals surface area contributed by atoms with Gasteiger partial charge in [0.15, 0.2) is 5.82 Å². The number of benzene rings is 2. The topological polar surface area (TPSA) is 58.1 Å². The summed E-state index contributed by atoms with van der Waals surface area (Å²) in [7, 11) is 0. The molecule has 2 aromatic carbocycles. The minimum absolute atomic E-state index is 0.230. The first-order chi connectivity index (χ1) is 14.2. The molecule has 4 rings (SSSR count). The molecule has 1 saturated heterocycles. The van der Waals surface area contributed by atoms with Crippen molar-refractivity contribution >= 4 is 11.7 Å². The Morgan fingerprint density at radius 2 is 1.72 bits per heavy atom. The Bertz CT molecular complexity index is 970. The molecule has 0 atom stereocenters. The van der Waals surface area contributed by atoms with Gasteiger partial charge in [0.1, 0.15) is 17.3 Å². The zero-order chi connectivity index (χ0) is 20.1. The molecule has 3 aromatic rings. The molecule has 0 saturated carbocycles. The van der Waals surface area contributed by atoms with Gasteiger partial charge in [0.25, 0.3) is 5.91 Å². The molecule has 0 unspecified atom stereocenters. The second-order valence-electron chi connectivity index (χ2n) is 7.13. The highest BCUT2D eigenvalue weighted by Crippen LogP contribution is 2.23. The van der Waals surface area contributed by atoms with Crippen LogP contribution in [0.4, 0.5) is 10.2 Å². The zero-order valence-electron chi connectivity index (χ0n) is 16.1. The fourth-order valence-electron chi connectivity index (χ4n) is 3.44. The van der Waals surface area contributed by atoms with Crippen LogP contribution in [0.15, 0.2) is 60.7 Å². The van der Waals surface area contributed by atoms with E-state index < -0.39 is 0 Å². The van der Waals surface area contributed by atoms with Crippen molar-refractivity contribution in [1.29, 1.82) is 0 Å². The van der Waals surface area contributed by atoms with E-state index in [9.17, 15) is 9.18 Å². The third kappa shape index (κ3) is 4.77. The van der Waals surface area contributed by atoms with E-state index in [4.69, 9.17) is 4.98 Å². The molecular formula is C23H23FN4O. The average Bonchev–Trinajstić information content (AvgIpc) is 3.30. The lowest BCUT2D eigenvalue weighted by Crippen LogP contribution is -2.28. The first-order valence-electron chi connectivity index (χ1n) is 9.91. The largest absolute Gasteiger partial charge is 0.356 e. The van der Waals surface area contributed by atoms with E-state index in [0.29, 0.717) is 24.5 Å². The summed E-state index contributed by atoms with van der Waals surface area (Å²) in [5.74, 6) is 0.854. The Balaban J connectivity index is 1.52. The molecule has 0 aliphatic carbocycles. The summed E-state index contributed by atoms with van der Waals surface area (Å²) < 4.78 is 13.0. The third-order valence-electron chi connectivity index (χ3n) is 5.02. The van der Waals surface area contributed by atoms with E-state index in [1.807, 2.05) is 30.3 Å². The van der Waals surface area contributed by atoms with Crippen LogP contribution in [0.1, 0.15) is 28.9 Å². The maximum Gasteiger partial charge on any atom is 0.270 e. The molecule has 1 aliphatic rings. The van der Waals surface area contributed by atoms with Crippen molar-refractivity contribution in [1.82, 2.24) is 15.3 Å². The molecular weight excluding hydrogens is 367 g/mol. The summed E-state index contributed by atoms with van der Waals surface area (Å²) in [5.41, 5.74) is 2.21. The summed E-state index contributed by atoms with van der Waals surface area (Å²) in [6.45, 7) is 2.34. The third-order valence-corrected chi connectivity index (χ3v) is 5.02. The minimum Gasteiger partial charge on any atom is -0.356 e. The highest BCUT2D eigenvalue weighted by atomic mass is 19.1. The van der Waals surface area contributed by atoms with Crippen molar-refractivity contribution in [2.75, 3.05) is 24.5 Å². The molecule has 148 valence electrons. The smallest absolute Gasteiger partial charge is 0.270 e. The van der Waals surface area contributed by atoms with E-state index >= 15 is 0 Å². The number of rotatable bonds is 6. The van der Waals surface area contributed by atoms with E-state index in [2.05, 4.69) is 15.2 Å². The molecule has 0 spiro atoms. The molecule has 1 aromatic heterocycles. The normalized spacial score (nSPS) is 13.5. The molecule has 1 N–H and O–H groups in total. The van der Waals surface area contributed by atoms with Crippen LogP contribution in [0, 0.1) is 5.82 Å². The summed E-state index contributed by atoms with van der Waals surface area (Å²) in [6, 6.07) is 17.8. The van der Waals surface area contributed by atoms with Crippen LogP contribution < -0.4 is 10.2 Å². The standard InChI is InChI=1S/C23H23FN4O/c24-19-10-8-17(9-11-19)12-13-25-23(29)20-16-21(28-14-4-5-15-28)27-22(26-20)18-6-2-1-3-7-18/h1-3,6-11,16H,4-5,12-15H2,(H,25,29). The number of carbonyl (C=O) groups excluding carboxylic acids is 1. The van der Waals surface area contributed by atoms with Gasteiger partial charge in [0.05, 0.1) is 0 Å². The summed E-state index contributed by atoms with van der Waals surface area (Å²) in [5, 5.41) is 2.92. The molecule has 0 bridgehead atoms. The fourth-order valence-corrected chi connectivity index (χ4v) is 3.44. The van der Waals surface area contributed by atoms with Gasteiger partial charge in [0.2, 0.25) is 0 Å². The van der Waals surface area contributed by atoms with Crippen molar-refractivity contribution < 1.29 is 9.18 Å². The van der Waals surface area contributed by atoms with Gasteiger partial charge in [-0.1, -0.05) is 42.5 Å². The molecule has 1 fully saturated rings. The second-order valence-corrected chi connectivity index (χ2v) is 7.13. The first-order valence-corrected chi connectivity index (χ1v) is 9.91. The quantitative estimate of drug-likeness (QED) is 0.695. The number of anilines is 1. The number of hydrogen-bond acceptors (Lipinski definition) is 4. The highest BCUT2D eigenvalue weighted by molar-refractivity contribution is 5.93. The molecule has 1 amide bonds. The Kier molecular flexibility index (Phi) is 5.79. The highest BCUT2D eigenvalue weighted by Gasteiger charge is 2.19. The van der Waals surface area contributed by atoms with Crippen molar-refractivity contribution in [3.8, 4) is 11.4 Å². The van der Waals surface area contributed by atoms with E-state index in [-0.39, 0.29) is 11.7 Å². The monoisotopic (exact) mass is 390 g/mol. The predicted molar refractivity (Wildman–Crippen MR) is 111 cm³/mol. The van der Waals surface area contributed by atoms with Gasteiger partial charge in [-0.3, -0.25) is 4.79 Å². The van der Waals surface area contributed by atoms with Crippen molar-refractivity contribution in [3.63, 3.8) is 0 Å². The van der Waals surface area contributed by atoms with Crippen molar-refractivity contribution in [2.24, 2.45) is 0 Å². The van der Waals surface area contributed by atoms with E-state index in [1.165, 1.54) is 12.1 Å². The lowest BCUT2D eigenvalue weighted by Gasteiger charge is -2.18. The summed E-state index contributed by atoms with van der Waals surface area (Å²) >= 11 is 0. The average molecular weight is 390 g/mol. The number of aromatic nitrogens is 2. The van der Waals surface area contributed by atoms with Gasteiger partial charge in [0, 0.05) is 31.3 Å². The van der Waals surface area contributed by atoms with Crippen LogP contribution in [-0.4, -0.2) is 35.5 Å². The van der Waals surface area contributed by atoms with Gasteiger partial charge >= 0.3 is 0 Å². The molecule has 2 heterocycles. The van der Waals surface area contributed by atoms with Crippen LogP contribution in [0.25, 0.3) is 11.4 Å². The molecule has 1 aliphatic heterocycles. The minimum atomic E-state index is -0.262. The van der Waals surface area contributed by atoms with Crippen LogP contribution in [0.5, 0.6) is 0 Å². The first kappa shape index (κ1) is 19.1. The Morgan fingerprint density at radius 3 is 2.45 bits per heavy atom. The summed E-state index contributed by atoms with van der Waals surface area (Å²) in [6.07, 6.45) is 2.88. The lowest BCUT2D eigenvalue weighted by atomic mass is 10.1. The second kappa shape index (κ2) is 8.82. The van der Waals surface area contributed by atoms with Crippen LogP contribution in [0.2, 0.25) is 0 Å². The van der Waals surface area contributed by atoms with E-state index in [1.54, 1.807) is 18.2 Å². The van der Waals surface area contributed by atoms with Crippen LogP contribution in [0.3, 0.4) is 0 Å². The van der Waals surface area contributed by atoms with Crippen molar-refractivity contribution in [3.05, 3.63) is 77.7 Å². The number of hydrogen-bond donors (Lipinski definition) is 1. The van der Waals surface area contributed by atoms with Crippen LogP contribution >= 0.6 is 0 Å². The maximum atomic E-state index is 13.0. The van der Waals surface area contributed by atoms with E-state index in [0.717, 1.165) is 42.9 Å². The molecule has 6 heteroatoms. The Labute approximate surface area is 169 Å². The zero-order valence-corrected chi connectivity index (χ0v) is 16.1. The van der Waals surface area contributed by atoms with Gasteiger partial charge < -0.3 is 10.2 Å². The Hall–Kier alpha value is -3.28. The fraction of sp³-hybridized carbons (Fsp3) is 0.261. The SMILES string of the molecule is O=C(NCCc1ccc(F)cc1)c1cc(N2CCCC2)nc(-c2ccccc2)n1. The number of nitrogens with zero attached hydrogens (tertiary/aromatic N) is 3. The number of carbonyl (C=O) groups is 1. The van der Waals surface area contributed by atoms with Gasteiger partial charge in [-0.2, -0.15) is 0 Å². The van der Waals surface area contributed by atoms with Crippen LogP contribution in [-0.2, 0) is 6.42 Å². The molecule has 0 radical (unpaired) electrons. The Morgan fingerprint density at radius 1 is 1.00 bits per heavy atom. The van der Waals surface area contributed by atoms with Gasteiger partial charge in [-0.05, 0) is 37.0 Å². The van der Waals surface area contributed by atoms with Gasteiger partial charge in [-0.25, -0.2) is 14.4 Å². The number of nitrogens with one attached hydrogen (secondary N) is 1. The maximum absolute atomic E-state index is 13.0. The number of halogens is 1. The number of amides is 1. The van der Waals surface area contributed by atoms with Crippen molar-refractivity contribution in [2.45, 2.75) is 19.3 Å². The molecule has 5 nitrogen and oxygen atoms in total. The van der Waals surface area contributed by atoms with Gasteiger partial charge in [-0.15, -0.1) is 0 Å².